The number of carboxylic acid groups (broad SMARTS) is 1. The molecule has 0 aliphatic rings. The summed E-state index contributed by atoms with van der Waals surface area (Å²) in [5.74, 6) is -0.902. The Kier molecular flexibility index (Phi) is 3.19. The molecule has 0 saturated heterocycles. The standard InChI is InChI=1S/C14H16N2O2/c1-4-16-10(3)13(8-15-16)11-5-9(2)6-12(7-11)14(17)18/h5-8H,4H2,1-3H3,(H,17,18). The van der Waals surface area contributed by atoms with Crippen LogP contribution in [0.5, 0.6) is 0 Å². The van der Waals surface area contributed by atoms with Gasteiger partial charge in [-0.3, -0.25) is 4.68 Å². The Morgan fingerprint density at radius 3 is 2.61 bits per heavy atom. The third kappa shape index (κ3) is 2.14. The largest absolute Gasteiger partial charge is 0.478 e. The second-order valence-electron chi connectivity index (χ2n) is 4.35. The van der Waals surface area contributed by atoms with Gasteiger partial charge >= 0.3 is 5.97 Å². The number of carbonyl (C=O) groups is 1. The quantitative estimate of drug-likeness (QED) is 0.903. The lowest BCUT2D eigenvalue weighted by Crippen LogP contribution is -1.99. The molecule has 0 aliphatic heterocycles. The van der Waals surface area contributed by atoms with E-state index in [4.69, 9.17) is 5.11 Å². The minimum Gasteiger partial charge on any atom is -0.478 e. The Hall–Kier alpha value is -2.10. The van der Waals surface area contributed by atoms with Gasteiger partial charge in [-0.25, -0.2) is 4.79 Å². The predicted octanol–water partition coefficient (Wildman–Crippen LogP) is 2.89. The molecule has 94 valence electrons. The van der Waals surface area contributed by atoms with Gasteiger partial charge in [0.1, 0.15) is 0 Å². The van der Waals surface area contributed by atoms with Gasteiger partial charge in [-0.1, -0.05) is 6.07 Å². The highest BCUT2D eigenvalue weighted by Crippen LogP contribution is 2.25. The van der Waals surface area contributed by atoms with Gasteiger partial charge in [-0.2, -0.15) is 5.10 Å². The van der Waals surface area contributed by atoms with Crippen molar-refractivity contribution in [1.29, 1.82) is 0 Å². The van der Waals surface area contributed by atoms with E-state index in [2.05, 4.69) is 5.10 Å². The predicted molar refractivity (Wildman–Crippen MR) is 69.8 cm³/mol. The molecule has 0 spiro atoms. The number of rotatable bonds is 3. The van der Waals surface area contributed by atoms with Crippen molar-refractivity contribution >= 4 is 5.97 Å². The van der Waals surface area contributed by atoms with Crippen molar-refractivity contribution < 1.29 is 9.90 Å². The first kappa shape index (κ1) is 12.4. The lowest BCUT2D eigenvalue weighted by molar-refractivity contribution is 0.0697. The molecule has 2 rings (SSSR count). The number of hydrogen-bond donors (Lipinski definition) is 1. The van der Waals surface area contributed by atoms with E-state index in [-0.39, 0.29) is 0 Å². The molecule has 0 radical (unpaired) electrons. The average Bonchev–Trinajstić information content (AvgIpc) is 2.69. The summed E-state index contributed by atoms with van der Waals surface area (Å²) >= 11 is 0. The van der Waals surface area contributed by atoms with Crippen molar-refractivity contribution in [2.75, 3.05) is 0 Å². The van der Waals surface area contributed by atoms with Crippen LogP contribution < -0.4 is 0 Å². The molecule has 0 fully saturated rings. The highest BCUT2D eigenvalue weighted by atomic mass is 16.4. The number of carboxylic acids is 1. The maximum atomic E-state index is 11.1. The maximum Gasteiger partial charge on any atom is 0.335 e. The van der Waals surface area contributed by atoms with E-state index in [0.29, 0.717) is 5.56 Å². The normalized spacial score (nSPS) is 10.6. The summed E-state index contributed by atoms with van der Waals surface area (Å²) in [6.45, 7) is 6.73. The number of nitrogens with zero attached hydrogens (tertiary/aromatic N) is 2. The van der Waals surface area contributed by atoms with Crippen LogP contribution in [0.2, 0.25) is 0 Å². The van der Waals surface area contributed by atoms with E-state index < -0.39 is 5.97 Å². The molecule has 2 aromatic rings. The smallest absolute Gasteiger partial charge is 0.335 e. The van der Waals surface area contributed by atoms with Crippen LogP contribution >= 0.6 is 0 Å². The molecule has 0 atom stereocenters. The van der Waals surface area contributed by atoms with Crippen molar-refractivity contribution in [1.82, 2.24) is 9.78 Å². The topological polar surface area (TPSA) is 55.1 Å². The van der Waals surface area contributed by atoms with E-state index in [9.17, 15) is 4.79 Å². The van der Waals surface area contributed by atoms with Gasteiger partial charge in [0.2, 0.25) is 0 Å². The van der Waals surface area contributed by atoms with Gasteiger partial charge in [-0.05, 0) is 44.0 Å². The Labute approximate surface area is 106 Å². The lowest BCUT2D eigenvalue weighted by Gasteiger charge is -2.05. The Morgan fingerprint density at radius 2 is 2.06 bits per heavy atom. The Morgan fingerprint density at radius 1 is 1.33 bits per heavy atom. The van der Waals surface area contributed by atoms with Crippen LogP contribution in [0.25, 0.3) is 11.1 Å². The van der Waals surface area contributed by atoms with Crippen LogP contribution in [0.4, 0.5) is 0 Å². The minimum atomic E-state index is -0.902. The van der Waals surface area contributed by atoms with Crippen molar-refractivity contribution in [2.24, 2.45) is 0 Å². The summed E-state index contributed by atoms with van der Waals surface area (Å²) in [7, 11) is 0. The Balaban J connectivity index is 2.56. The number of aryl methyl sites for hydroxylation is 2. The fraction of sp³-hybridized carbons (Fsp3) is 0.286. The van der Waals surface area contributed by atoms with Crippen molar-refractivity contribution in [3.63, 3.8) is 0 Å². The van der Waals surface area contributed by atoms with Gasteiger partial charge in [0, 0.05) is 17.8 Å². The summed E-state index contributed by atoms with van der Waals surface area (Å²) in [5.41, 5.74) is 4.20. The highest BCUT2D eigenvalue weighted by molar-refractivity contribution is 5.90. The number of aromatic nitrogens is 2. The molecule has 1 aromatic carbocycles. The van der Waals surface area contributed by atoms with Crippen LogP contribution in [0.15, 0.2) is 24.4 Å². The van der Waals surface area contributed by atoms with Crippen LogP contribution in [-0.4, -0.2) is 20.9 Å². The molecule has 18 heavy (non-hydrogen) atoms. The second kappa shape index (κ2) is 4.64. The minimum absolute atomic E-state index is 0.314. The van der Waals surface area contributed by atoms with Gasteiger partial charge in [0.25, 0.3) is 0 Å². The number of benzene rings is 1. The van der Waals surface area contributed by atoms with Crippen molar-refractivity contribution in [2.45, 2.75) is 27.3 Å². The zero-order valence-electron chi connectivity index (χ0n) is 10.8. The third-order valence-electron chi connectivity index (χ3n) is 3.04. The van der Waals surface area contributed by atoms with E-state index in [1.54, 1.807) is 18.3 Å². The highest BCUT2D eigenvalue weighted by Gasteiger charge is 2.11. The molecule has 1 N–H and O–H groups in total. The van der Waals surface area contributed by atoms with Crippen molar-refractivity contribution in [3.05, 3.63) is 41.2 Å². The van der Waals surface area contributed by atoms with Crippen LogP contribution in [0.3, 0.4) is 0 Å². The van der Waals surface area contributed by atoms with Gasteiger partial charge in [0.15, 0.2) is 0 Å². The molecule has 0 unspecified atom stereocenters. The van der Waals surface area contributed by atoms with E-state index in [1.165, 1.54) is 0 Å². The third-order valence-corrected chi connectivity index (χ3v) is 3.04. The van der Waals surface area contributed by atoms with E-state index in [1.807, 2.05) is 31.5 Å². The molecule has 4 heteroatoms. The van der Waals surface area contributed by atoms with Crippen LogP contribution in [-0.2, 0) is 6.54 Å². The first-order chi connectivity index (χ1) is 8.52. The second-order valence-corrected chi connectivity index (χ2v) is 4.35. The average molecular weight is 244 g/mol. The monoisotopic (exact) mass is 244 g/mol. The summed E-state index contributed by atoms with van der Waals surface area (Å²) in [6, 6.07) is 5.35. The molecule has 1 aromatic heterocycles. The maximum absolute atomic E-state index is 11.1. The van der Waals surface area contributed by atoms with Crippen molar-refractivity contribution in [3.8, 4) is 11.1 Å². The molecule has 0 bridgehead atoms. The molecule has 1 heterocycles. The summed E-state index contributed by atoms with van der Waals surface area (Å²) in [5, 5.41) is 13.4. The Bertz CT molecular complexity index is 600. The van der Waals surface area contributed by atoms with E-state index in [0.717, 1.165) is 28.9 Å². The summed E-state index contributed by atoms with van der Waals surface area (Å²) < 4.78 is 1.90. The molecule has 4 nitrogen and oxygen atoms in total. The first-order valence-corrected chi connectivity index (χ1v) is 5.90. The summed E-state index contributed by atoms with van der Waals surface area (Å²) in [6.07, 6.45) is 1.79. The fourth-order valence-electron chi connectivity index (χ4n) is 2.11. The first-order valence-electron chi connectivity index (χ1n) is 5.90. The lowest BCUT2D eigenvalue weighted by atomic mass is 10.0. The van der Waals surface area contributed by atoms with Crippen LogP contribution in [0, 0.1) is 13.8 Å². The zero-order chi connectivity index (χ0) is 13.3. The summed E-state index contributed by atoms with van der Waals surface area (Å²) in [4.78, 5) is 11.1. The fourth-order valence-corrected chi connectivity index (χ4v) is 2.11. The number of aromatic carboxylic acids is 1. The molecule has 0 saturated carbocycles. The molecular weight excluding hydrogens is 228 g/mol. The van der Waals surface area contributed by atoms with E-state index >= 15 is 0 Å². The van der Waals surface area contributed by atoms with Gasteiger partial charge < -0.3 is 5.11 Å². The van der Waals surface area contributed by atoms with Crippen LogP contribution in [0.1, 0.15) is 28.5 Å². The molecular formula is C14H16N2O2. The number of hydrogen-bond acceptors (Lipinski definition) is 2. The molecule has 0 aliphatic carbocycles. The van der Waals surface area contributed by atoms with Gasteiger partial charge in [0.05, 0.1) is 11.8 Å². The molecule has 0 amide bonds. The SMILES string of the molecule is CCn1ncc(-c2cc(C)cc(C(=O)O)c2)c1C. The van der Waals surface area contributed by atoms with Gasteiger partial charge in [-0.15, -0.1) is 0 Å². The zero-order valence-corrected chi connectivity index (χ0v) is 10.8.